The molecular formula is C24H28O2. The second-order valence-electron chi connectivity index (χ2n) is 8.56. The van der Waals surface area contributed by atoms with Crippen LogP contribution < -0.4 is 9.47 Å². The van der Waals surface area contributed by atoms with Gasteiger partial charge in [-0.05, 0) is 96.9 Å². The average Bonchev–Trinajstić information content (AvgIpc) is 3.14. The van der Waals surface area contributed by atoms with E-state index in [1.165, 1.54) is 54.4 Å². The molecule has 3 aliphatic rings. The van der Waals surface area contributed by atoms with E-state index in [0.29, 0.717) is 0 Å². The van der Waals surface area contributed by atoms with Crippen molar-refractivity contribution in [3.8, 4) is 11.5 Å². The molecule has 2 nitrogen and oxygen atoms in total. The second kappa shape index (κ2) is 5.52. The highest BCUT2D eigenvalue weighted by Gasteiger charge is 2.58. The Hall–Kier alpha value is -1.96. The van der Waals surface area contributed by atoms with E-state index in [2.05, 4.69) is 38.1 Å². The molecule has 0 bridgehead atoms. The fourth-order valence-corrected chi connectivity index (χ4v) is 6.39. The van der Waals surface area contributed by atoms with Crippen LogP contribution in [0.4, 0.5) is 0 Å². The number of methoxy groups -OCH3 is 2. The standard InChI is InChI=1S/C24H28O2/c1-14-8-16-10-18-6-5-7-19-11-17-12-22(25-3)23(26-4)13-21(17)24(18,19)20(16)9-15(14)2/h8-9,12-13,18-19H,5-7,10-11H2,1-4H3/t18-,19-,24?/m0/s1. The molecule has 0 N–H and O–H groups in total. The van der Waals surface area contributed by atoms with Crippen molar-refractivity contribution in [3.05, 3.63) is 57.6 Å². The molecule has 1 unspecified atom stereocenters. The summed E-state index contributed by atoms with van der Waals surface area (Å²) in [5.74, 6) is 3.20. The first-order chi connectivity index (χ1) is 12.6. The Morgan fingerprint density at radius 3 is 1.96 bits per heavy atom. The molecule has 1 saturated carbocycles. The third kappa shape index (κ3) is 1.88. The van der Waals surface area contributed by atoms with Crippen molar-refractivity contribution in [1.29, 1.82) is 0 Å². The topological polar surface area (TPSA) is 18.5 Å². The van der Waals surface area contributed by atoms with E-state index in [4.69, 9.17) is 9.47 Å². The van der Waals surface area contributed by atoms with Gasteiger partial charge in [-0.3, -0.25) is 0 Å². The first kappa shape index (κ1) is 16.2. The van der Waals surface area contributed by atoms with E-state index in [-0.39, 0.29) is 5.41 Å². The smallest absolute Gasteiger partial charge is 0.161 e. The van der Waals surface area contributed by atoms with Crippen LogP contribution in [0.1, 0.15) is 52.6 Å². The molecule has 0 radical (unpaired) electrons. The molecule has 1 spiro atoms. The molecule has 2 aromatic rings. The van der Waals surface area contributed by atoms with Crippen LogP contribution in [0.25, 0.3) is 0 Å². The van der Waals surface area contributed by atoms with Gasteiger partial charge in [0.2, 0.25) is 0 Å². The number of ether oxygens (including phenoxy) is 2. The summed E-state index contributed by atoms with van der Waals surface area (Å²) in [6.45, 7) is 4.52. The molecule has 3 atom stereocenters. The molecule has 2 heteroatoms. The molecule has 26 heavy (non-hydrogen) atoms. The maximum Gasteiger partial charge on any atom is 0.161 e. The summed E-state index contributed by atoms with van der Waals surface area (Å²) in [7, 11) is 3.49. The lowest BCUT2D eigenvalue weighted by atomic mass is 9.59. The van der Waals surface area contributed by atoms with Crippen LogP contribution in [0, 0.1) is 25.7 Å². The highest BCUT2D eigenvalue weighted by molar-refractivity contribution is 5.62. The van der Waals surface area contributed by atoms with Gasteiger partial charge < -0.3 is 9.47 Å². The maximum absolute atomic E-state index is 5.69. The van der Waals surface area contributed by atoms with Crippen LogP contribution in [0.5, 0.6) is 11.5 Å². The van der Waals surface area contributed by atoms with E-state index in [1.54, 1.807) is 25.3 Å². The van der Waals surface area contributed by atoms with E-state index in [1.807, 2.05) is 0 Å². The van der Waals surface area contributed by atoms with Crippen molar-refractivity contribution in [1.82, 2.24) is 0 Å². The fraction of sp³-hybridized carbons (Fsp3) is 0.500. The van der Waals surface area contributed by atoms with E-state index >= 15 is 0 Å². The summed E-state index contributed by atoms with van der Waals surface area (Å²) in [5.41, 5.74) is 9.25. The Morgan fingerprint density at radius 2 is 1.31 bits per heavy atom. The van der Waals surface area contributed by atoms with Gasteiger partial charge in [-0.25, -0.2) is 0 Å². The summed E-state index contributed by atoms with van der Waals surface area (Å²) < 4.78 is 11.3. The minimum absolute atomic E-state index is 0.195. The molecule has 1 fully saturated rings. The molecule has 0 amide bonds. The summed E-state index contributed by atoms with van der Waals surface area (Å²) in [5, 5.41) is 0. The molecule has 0 heterocycles. The SMILES string of the molecule is COc1cc2c(cc1OC)C13c4cc(C)c(C)cc4C[C@@H]1CCC[C@H]3C2. The third-order valence-corrected chi connectivity index (χ3v) is 7.55. The zero-order valence-electron chi connectivity index (χ0n) is 16.3. The lowest BCUT2D eigenvalue weighted by Crippen LogP contribution is -2.41. The Kier molecular flexibility index (Phi) is 3.44. The Bertz CT molecular complexity index is 898. The molecular weight excluding hydrogens is 320 g/mol. The fourth-order valence-electron chi connectivity index (χ4n) is 6.39. The lowest BCUT2D eigenvalue weighted by molar-refractivity contribution is 0.176. The van der Waals surface area contributed by atoms with Crippen molar-refractivity contribution in [2.75, 3.05) is 14.2 Å². The summed E-state index contributed by atoms with van der Waals surface area (Å²) in [6, 6.07) is 9.52. The molecule has 3 aliphatic carbocycles. The molecule has 136 valence electrons. The predicted octanol–water partition coefficient (Wildman–Crippen LogP) is 5.14. The molecule has 0 aromatic heterocycles. The normalized spacial score (nSPS) is 28.2. The quantitative estimate of drug-likeness (QED) is 0.748. The number of benzene rings is 2. The van der Waals surface area contributed by atoms with Crippen LogP contribution in [0.2, 0.25) is 0 Å². The van der Waals surface area contributed by atoms with Gasteiger partial charge in [0.05, 0.1) is 14.2 Å². The zero-order chi connectivity index (χ0) is 18.1. The van der Waals surface area contributed by atoms with Gasteiger partial charge in [0.1, 0.15) is 0 Å². The number of fused-ring (bicyclic) bond motifs is 2. The monoisotopic (exact) mass is 348 g/mol. The van der Waals surface area contributed by atoms with Crippen LogP contribution in [0.15, 0.2) is 24.3 Å². The first-order valence-electron chi connectivity index (χ1n) is 9.95. The van der Waals surface area contributed by atoms with Gasteiger partial charge >= 0.3 is 0 Å². The molecule has 2 aromatic carbocycles. The number of hydrogen-bond acceptors (Lipinski definition) is 2. The van der Waals surface area contributed by atoms with E-state index in [9.17, 15) is 0 Å². The Balaban J connectivity index is 1.80. The van der Waals surface area contributed by atoms with Crippen molar-refractivity contribution < 1.29 is 9.47 Å². The van der Waals surface area contributed by atoms with Gasteiger partial charge in [0.25, 0.3) is 0 Å². The lowest BCUT2D eigenvalue weighted by Gasteiger charge is -2.43. The molecule has 0 aliphatic heterocycles. The Labute approximate surface area is 156 Å². The van der Waals surface area contributed by atoms with Crippen molar-refractivity contribution in [3.63, 3.8) is 0 Å². The minimum atomic E-state index is 0.195. The number of rotatable bonds is 2. The van der Waals surface area contributed by atoms with Crippen LogP contribution in [-0.2, 0) is 18.3 Å². The first-order valence-corrected chi connectivity index (χ1v) is 9.95. The van der Waals surface area contributed by atoms with Gasteiger partial charge in [-0.1, -0.05) is 18.6 Å². The van der Waals surface area contributed by atoms with Crippen LogP contribution in [0.3, 0.4) is 0 Å². The highest BCUT2D eigenvalue weighted by atomic mass is 16.5. The van der Waals surface area contributed by atoms with Crippen molar-refractivity contribution >= 4 is 0 Å². The summed E-state index contributed by atoms with van der Waals surface area (Å²) in [4.78, 5) is 0. The van der Waals surface area contributed by atoms with Crippen LogP contribution >= 0.6 is 0 Å². The zero-order valence-corrected chi connectivity index (χ0v) is 16.3. The number of aryl methyl sites for hydroxylation is 2. The van der Waals surface area contributed by atoms with Gasteiger partial charge in [0.15, 0.2) is 11.5 Å². The Morgan fingerprint density at radius 1 is 0.769 bits per heavy atom. The minimum Gasteiger partial charge on any atom is -0.493 e. The van der Waals surface area contributed by atoms with Crippen molar-refractivity contribution in [2.24, 2.45) is 11.8 Å². The van der Waals surface area contributed by atoms with Crippen molar-refractivity contribution in [2.45, 2.75) is 51.4 Å². The van der Waals surface area contributed by atoms with E-state index < -0.39 is 0 Å². The summed E-state index contributed by atoms with van der Waals surface area (Å²) >= 11 is 0. The number of hydrogen-bond donors (Lipinski definition) is 0. The van der Waals surface area contributed by atoms with Gasteiger partial charge in [-0.2, -0.15) is 0 Å². The average molecular weight is 348 g/mol. The van der Waals surface area contributed by atoms with E-state index in [0.717, 1.165) is 23.3 Å². The highest BCUT2D eigenvalue weighted by Crippen LogP contribution is 2.63. The third-order valence-electron chi connectivity index (χ3n) is 7.55. The predicted molar refractivity (Wildman–Crippen MR) is 104 cm³/mol. The largest absolute Gasteiger partial charge is 0.493 e. The van der Waals surface area contributed by atoms with Crippen LogP contribution in [-0.4, -0.2) is 14.2 Å². The van der Waals surface area contributed by atoms with Gasteiger partial charge in [0, 0.05) is 5.41 Å². The second-order valence-corrected chi connectivity index (χ2v) is 8.56. The molecule has 0 saturated heterocycles. The maximum atomic E-state index is 5.69. The molecule has 5 rings (SSSR count). The summed E-state index contributed by atoms with van der Waals surface area (Å²) in [6.07, 6.45) is 6.46. The van der Waals surface area contributed by atoms with Gasteiger partial charge in [-0.15, -0.1) is 0 Å².